The van der Waals surface area contributed by atoms with Crippen LogP contribution in [-0.4, -0.2) is 24.0 Å². The lowest BCUT2D eigenvalue weighted by molar-refractivity contribution is 0.149. The van der Waals surface area contributed by atoms with Gasteiger partial charge in [-0.2, -0.15) is 0 Å². The van der Waals surface area contributed by atoms with E-state index in [1.165, 1.54) is 18.4 Å². The van der Waals surface area contributed by atoms with E-state index in [4.69, 9.17) is 17.3 Å². The van der Waals surface area contributed by atoms with Gasteiger partial charge in [-0.15, -0.1) is 0 Å². The van der Waals surface area contributed by atoms with Crippen molar-refractivity contribution in [3.8, 4) is 0 Å². The smallest absolute Gasteiger partial charge is 0.0473 e. The third-order valence-electron chi connectivity index (χ3n) is 4.03. The molecule has 0 amide bonds. The first kappa shape index (κ1) is 14.8. The molecule has 0 aliphatic heterocycles. The standard InChI is InChI=1S/C16H25ClN2/c1-11(2)19(10-13-5-6-13)16(9-18)14-7-4-12(3)15(17)8-14/h4,7-8,11,13,16H,5-6,9-10,18H2,1-3H3. The summed E-state index contributed by atoms with van der Waals surface area (Å²) in [5, 5.41) is 0.839. The highest BCUT2D eigenvalue weighted by Crippen LogP contribution is 2.34. The van der Waals surface area contributed by atoms with Crippen LogP contribution in [-0.2, 0) is 0 Å². The Morgan fingerprint density at radius 1 is 1.37 bits per heavy atom. The molecular formula is C16H25ClN2. The number of aryl methyl sites for hydroxylation is 1. The molecule has 0 heterocycles. The van der Waals surface area contributed by atoms with Gasteiger partial charge >= 0.3 is 0 Å². The Balaban J connectivity index is 2.21. The van der Waals surface area contributed by atoms with Gasteiger partial charge < -0.3 is 5.73 Å². The molecule has 106 valence electrons. The third kappa shape index (κ3) is 3.71. The van der Waals surface area contributed by atoms with E-state index in [0.29, 0.717) is 12.6 Å². The van der Waals surface area contributed by atoms with E-state index in [2.05, 4.69) is 36.9 Å². The highest BCUT2D eigenvalue weighted by Gasteiger charge is 2.29. The maximum atomic E-state index is 6.26. The van der Waals surface area contributed by atoms with Crippen LogP contribution in [0.25, 0.3) is 0 Å². The zero-order valence-electron chi connectivity index (χ0n) is 12.2. The molecule has 1 aromatic rings. The number of rotatable bonds is 6. The van der Waals surface area contributed by atoms with Crippen LogP contribution in [0.1, 0.15) is 43.9 Å². The molecule has 0 spiro atoms. The van der Waals surface area contributed by atoms with Crippen molar-refractivity contribution < 1.29 is 0 Å². The summed E-state index contributed by atoms with van der Waals surface area (Å²) in [7, 11) is 0. The van der Waals surface area contributed by atoms with Crippen molar-refractivity contribution in [1.29, 1.82) is 0 Å². The maximum Gasteiger partial charge on any atom is 0.0473 e. The Kier molecular flexibility index (Phi) is 4.88. The zero-order valence-corrected chi connectivity index (χ0v) is 13.0. The summed E-state index contributed by atoms with van der Waals surface area (Å²) in [5.41, 5.74) is 8.41. The normalized spacial score (nSPS) is 17.2. The van der Waals surface area contributed by atoms with Crippen molar-refractivity contribution in [2.24, 2.45) is 11.7 Å². The third-order valence-corrected chi connectivity index (χ3v) is 4.44. The highest BCUT2D eigenvalue weighted by atomic mass is 35.5. The largest absolute Gasteiger partial charge is 0.329 e. The molecule has 19 heavy (non-hydrogen) atoms. The molecule has 2 nitrogen and oxygen atoms in total. The van der Waals surface area contributed by atoms with Gasteiger partial charge in [-0.25, -0.2) is 0 Å². The predicted molar refractivity (Wildman–Crippen MR) is 82.6 cm³/mol. The van der Waals surface area contributed by atoms with Crippen molar-refractivity contribution in [1.82, 2.24) is 4.90 Å². The molecule has 1 fully saturated rings. The van der Waals surface area contributed by atoms with E-state index in [1.54, 1.807) is 0 Å². The number of halogens is 1. The second-order valence-corrected chi connectivity index (χ2v) is 6.40. The molecule has 1 saturated carbocycles. The van der Waals surface area contributed by atoms with Crippen molar-refractivity contribution in [3.63, 3.8) is 0 Å². The van der Waals surface area contributed by atoms with Gasteiger partial charge in [0.25, 0.3) is 0 Å². The summed E-state index contributed by atoms with van der Waals surface area (Å²) in [6.45, 7) is 8.34. The predicted octanol–water partition coefficient (Wildman–Crippen LogP) is 3.77. The number of nitrogens with zero attached hydrogens (tertiary/aromatic N) is 1. The van der Waals surface area contributed by atoms with Crippen LogP contribution in [0, 0.1) is 12.8 Å². The van der Waals surface area contributed by atoms with Crippen molar-refractivity contribution in [2.75, 3.05) is 13.1 Å². The number of hydrogen-bond donors (Lipinski definition) is 1. The Morgan fingerprint density at radius 2 is 2.05 bits per heavy atom. The molecule has 2 N–H and O–H groups in total. The molecule has 0 saturated heterocycles. The minimum Gasteiger partial charge on any atom is -0.329 e. The van der Waals surface area contributed by atoms with Crippen molar-refractivity contribution in [2.45, 2.75) is 45.7 Å². The molecule has 1 aliphatic carbocycles. The summed E-state index contributed by atoms with van der Waals surface area (Å²) >= 11 is 6.26. The van der Waals surface area contributed by atoms with Crippen LogP contribution in [0.2, 0.25) is 5.02 Å². The lowest BCUT2D eigenvalue weighted by atomic mass is 10.0. The first-order valence-corrected chi connectivity index (χ1v) is 7.62. The first-order valence-electron chi connectivity index (χ1n) is 7.24. The molecule has 3 heteroatoms. The molecule has 1 unspecified atom stereocenters. The van der Waals surface area contributed by atoms with E-state index in [-0.39, 0.29) is 6.04 Å². The van der Waals surface area contributed by atoms with Crippen molar-refractivity contribution in [3.05, 3.63) is 34.3 Å². The van der Waals surface area contributed by atoms with Gasteiger partial charge in [-0.1, -0.05) is 23.7 Å². The van der Waals surface area contributed by atoms with Gasteiger partial charge in [0.2, 0.25) is 0 Å². The van der Waals surface area contributed by atoms with E-state index < -0.39 is 0 Å². The fourth-order valence-electron chi connectivity index (χ4n) is 2.58. The van der Waals surface area contributed by atoms with Crippen molar-refractivity contribution >= 4 is 11.6 Å². The molecule has 1 aromatic carbocycles. The Bertz CT molecular complexity index is 427. The van der Waals surface area contributed by atoms with E-state index in [9.17, 15) is 0 Å². The Labute approximate surface area is 121 Å². The average molecular weight is 281 g/mol. The van der Waals surface area contributed by atoms with E-state index in [1.807, 2.05) is 6.92 Å². The topological polar surface area (TPSA) is 29.3 Å². The number of nitrogens with two attached hydrogens (primary N) is 1. The number of hydrogen-bond acceptors (Lipinski definition) is 2. The first-order chi connectivity index (χ1) is 9.02. The molecule has 0 aromatic heterocycles. The van der Waals surface area contributed by atoms with Crippen LogP contribution in [0.4, 0.5) is 0 Å². The van der Waals surface area contributed by atoms with Gasteiger partial charge in [0, 0.05) is 30.2 Å². The second kappa shape index (κ2) is 6.25. The fraction of sp³-hybridized carbons (Fsp3) is 0.625. The average Bonchev–Trinajstić information content (AvgIpc) is 3.17. The highest BCUT2D eigenvalue weighted by molar-refractivity contribution is 6.31. The monoisotopic (exact) mass is 280 g/mol. The minimum absolute atomic E-state index is 0.277. The molecule has 2 rings (SSSR count). The molecule has 1 atom stereocenters. The summed E-state index contributed by atoms with van der Waals surface area (Å²) in [6, 6.07) is 7.13. The van der Waals surface area contributed by atoms with Gasteiger partial charge in [0.1, 0.15) is 0 Å². The molecule has 0 bridgehead atoms. The molecule has 0 radical (unpaired) electrons. The number of benzene rings is 1. The molecule has 1 aliphatic rings. The van der Waals surface area contributed by atoms with Crippen LogP contribution in [0.5, 0.6) is 0 Å². The van der Waals surface area contributed by atoms with Crippen LogP contribution >= 0.6 is 11.6 Å². The lowest BCUT2D eigenvalue weighted by Crippen LogP contribution is -2.40. The van der Waals surface area contributed by atoms with Crippen LogP contribution < -0.4 is 5.73 Å². The maximum absolute atomic E-state index is 6.26. The molecular weight excluding hydrogens is 256 g/mol. The summed E-state index contributed by atoms with van der Waals surface area (Å²) in [5.74, 6) is 0.873. The lowest BCUT2D eigenvalue weighted by Gasteiger charge is -2.35. The summed E-state index contributed by atoms with van der Waals surface area (Å²) in [6.07, 6.45) is 2.74. The summed E-state index contributed by atoms with van der Waals surface area (Å²) < 4.78 is 0. The van der Waals surface area contributed by atoms with E-state index in [0.717, 1.165) is 23.0 Å². The van der Waals surface area contributed by atoms with Crippen LogP contribution in [0.15, 0.2) is 18.2 Å². The van der Waals surface area contributed by atoms with Gasteiger partial charge in [0.05, 0.1) is 0 Å². The Hall–Kier alpha value is -0.570. The minimum atomic E-state index is 0.277. The quantitative estimate of drug-likeness (QED) is 0.859. The SMILES string of the molecule is Cc1ccc(C(CN)N(CC2CC2)C(C)C)cc1Cl. The van der Waals surface area contributed by atoms with E-state index >= 15 is 0 Å². The summed E-state index contributed by atoms with van der Waals surface area (Å²) in [4.78, 5) is 2.53. The van der Waals surface area contributed by atoms with Gasteiger partial charge in [0.15, 0.2) is 0 Å². The Morgan fingerprint density at radius 3 is 2.53 bits per heavy atom. The fourth-order valence-corrected chi connectivity index (χ4v) is 2.76. The van der Waals surface area contributed by atoms with Gasteiger partial charge in [-0.05, 0) is 56.7 Å². The van der Waals surface area contributed by atoms with Crippen LogP contribution in [0.3, 0.4) is 0 Å². The van der Waals surface area contributed by atoms with Gasteiger partial charge in [-0.3, -0.25) is 4.90 Å². The zero-order chi connectivity index (χ0) is 14.0. The second-order valence-electron chi connectivity index (χ2n) is 5.99.